The van der Waals surface area contributed by atoms with E-state index < -0.39 is 4.92 Å². The molecule has 0 saturated heterocycles. The standard InChI is InChI=1S/C10H13IN3O2/c1-4-9(6-8-13(2)3)10(14(15)16)5-7-12-11/h4-6,8H,1-3H3/q+1/b8-6+,9-4-,10-5+. The van der Waals surface area contributed by atoms with Crippen LogP contribution in [0.15, 0.2) is 35.7 Å². The summed E-state index contributed by atoms with van der Waals surface area (Å²) in [5.74, 6) is 0. The van der Waals surface area contributed by atoms with Gasteiger partial charge in [-0.25, -0.2) is 0 Å². The predicted octanol–water partition coefficient (Wildman–Crippen LogP) is 2.85. The smallest absolute Gasteiger partial charge is 0.383 e. The molecule has 6 heteroatoms. The Labute approximate surface area is 109 Å². The minimum atomic E-state index is -0.454. The molecule has 0 radical (unpaired) electrons. The molecule has 0 heterocycles. The van der Waals surface area contributed by atoms with Gasteiger partial charge in [-0.15, -0.1) is 0 Å². The van der Waals surface area contributed by atoms with Crippen LogP contribution in [0.25, 0.3) is 3.06 Å². The second-order valence-corrected chi connectivity index (χ2v) is 3.51. The summed E-state index contributed by atoms with van der Waals surface area (Å²) in [4.78, 5) is 12.2. The van der Waals surface area contributed by atoms with Crippen molar-refractivity contribution in [3.63, 3.8) is 0 Å². The van der Waals surface area contributed by atoms with Gasteiger partial charge in [-0.3, -0.25) is 10.1 Å². The Bertz CT molecular complexity index is 400. The Balaban J connectivity index is 5.16. The molecule has 0 bridgehead atoms. The predicted molar refractivity (Wildman–Crippen MR) is 72.9 cm³/mol. The van der Waals surface area contributed by atoms with E-state index in [2.05, 4.69) is 9.13 Å². The van der Waals surface area contributed by atoms with Gasteiger partial charge in [0.15, 0.2) is 0 Å². The third kappa shape index (κ3) is 5.50. The van der Waals surface area contributed by atoms with Gasteiger partial charge in [-0.1, -0.05) is 6.08 Å². The number of allylic oxidation sites excluding steroid dienone is 3. The fraction of sp³-hybridized carbons (Fsp3) is 0.300. The first-order chi connectivity index (χ1) is 7.52. The largest absolute Gasteiger partial charge is 0.528 e. The molecule has 0 unspecified atom stereocenters. The van der Waals surface area contributed by atoms with Crippen molar-refractivity contribution >= 4 is 22.9 Å². The van der Waals surface area contributed by atoms with E-state index >= 15 is 0 Å². The van der Waals surface area contributed by atoms with Crippen molar-refractivity contribution in [2.75, 3.05) is 14.1 Å². The molecule has 0 aliphatic carbocycles. The first-order valence-corrected chi connectivity index (χ1v) is 5.41. The zero-order chi connectivity index (χ0) is 12.6. The number of nitrogens with zero attached hydrogens (tertiary/aromatic N) is 3. The molecule has 0 rings (SSSR count). The minimum absolute atomic E-state index is 0.0268. The SMILES string of the molecule is C/C=C(/C=C/N(C)C)C(=C/C#[N+]I)\[N+](=O)[O-]. The molecule has 0 aromatic rings. The molecule has 0 aliphatic heterocycles. The third-order valence-corrected chi connectivity index (χ3v) is 1.88. The minimum Gasteiger partial charge on any atom is -0.383 e. The highest BCUT2D eigenvalue weighted by molar-refractivity contribution is 14.1. The molecule has 86 valence electrons. The van der Waals surface area contributed by atoms with Crippen molar-refractivity contribution in [2.24, 2.45) is 0 Å². The zero-order valence-corrected chi connectivity index (χ0v) is 11.5. The molecule has 0 atom stereocenters. The Kier molecular flexibility index (Phi) is 7.20. The number of halogens is 1. The van der Waals surface area contributed by atoms with E-state index in [0.29, 0.717) is 5.57 Å². The van der Waals surface area contributed by atoms with E-state index in [9.17, 15) is 10.1 Å². The van der Waals surface area contributed by atoms with Crippen molar-refractivity contribution in [3.05, 3.63) is 48.9 Å². The monoisotopic (exact) mass is 334 g/mol. The van der Waals surface area contributed by atoms with Crippen molar-refractivity contribution in [1.29, 1.82) is 0 Å². The van der Waals surface area contributed by atoms with Crippen LogP contribution in [0.1, 0.15) is 6.92 Å². The summed E-state index contributed by atoms with van der Waals surface area (Å²) >= 11 is 1.71. The lowest BCUT2D eigenvalue weighted by Gasteiger charge is -2.03. The molecule has 0 spiro atoms. The van der Waals surface area contributed by atoms with Crippen LogP contribution < -0.4 is 0 Å². The summed E-state index contributed by atoms with van der Waals surface area (Å²) in [7, 11) is 3.69. The normalized spacial score (nSPS) is 12.2. The van der Waals surface area contributed by atoms with Crippen LogP contribution in [0.4, 0.5) is 0 Å². The van der Waals surface area contributed by atoms with Crippen molar-refractivity contribution in [2.45, 2.75) is 6.92 Å². The van der Waals surface area contributed by atoms with Gasteiger partial charge in [0.1, 0.15) is 6.08 Å². The summed E-state index contributed by atoms with van der Waals surface area (Å²) in [6, 6.07) is 2.45. The van der Waals surface area contributed by atoms with Crippen molar-refractivity contribution in [1.82, 2.24) is 4.90 Å². The van der Waals surface area contributed by atoms with Crippen LogP contribution in [0.3, 0.4) is 0 Å². The molecular weight excluding hydrogens is 321 g/mol. The molecule has 0 amide bonds. The van der Waals surface area contributed by atoms with Gasteiger partial charge in [0, 0.05) is 14.1 Å². The fourth-order valence-corrected chi connectivity index (χ4v) is 1.03. The summed E-state index contributed by atoms with van der Waals surface area (Å²) in [5.41, 5.74) is 0.493. The maximum atomic E-state index is 10.8. The maximum absolute atomic E-state index is 10.8. The lowest BCUT2D eigenvalue weighted by Crippen LogP contribution is -2.04. The molecule has 0 aliphatic rings. The van der Waals surface area contributed by atoms with E-state index in [0.717, 1.165) is 0 Å². The summed E-state index contributed by atoms with van der Waals surface area (Å²) in [6.07, 6.45) is 6.34. The molecule has 0 aromatic carbocycles. The van der Waals surface area contributed by atoms with Crippen molar-refractivity contribution < 1.29 is 4.92 Å². The average molecular weight is 334 g/mol. The second-order valence-electron chi connectivity index (χ2n) is 3.02. The molecule has 0 fully saturated rings. The number of nitro groups is 1. The zero-order valence-electron chi connectivity index (χ0n) is 9.35. The fourth-order valence-electron chi connectivity index (χ4n) is 0.886. The molecule has 5 nitrogen and oxygen atoms in total. The van der Waals surface area contributed by atoms with Crippen molar-refractivity contribution in [3.8, 4) is 6.07 Å². The van der Waals surface area contributed by atoms with Gasteiger partial charge in [-0.05, 0) is 22.3 Å². The lowest BCUT2D eigenvalue weighted by molar-refractivity contribution is -0.420. The van der Waals surface area contributed by atoms with Gasteiger partial charge in [0.2, 0.25) is 0 Å². The van der Waals surface area contributed by atoms with Crippen LogP contribution >= 0.6 is 22.9 Å². The van der Waals surface area contributed by atoms with Gasteiger partial charge in [0.25, 0.3) is 5.70 Å². The van der Waals surface area contributed by atoms with Gasteiger partial charge in [-0.2, -0.15) is 0 Å². The summed E-state index contributed by atoms with van der Waals surface area (Å²) in [6.45, 7) is 1.74. The Morgan fingerprint density at radius 2 is 2.19 bits per heavy atom. The van der Waals surface area contributed by atoms with Crippen LogP contribution in [-0.2, 0) is 0 Å². The van der Waals surface area contributed by atoms with E-state index in [4.69, 9.17) is 0 Å². The average Bonchev–Trinajstić information content (AvgIpc) is 2.22. The number of hydrogen-bond donors (Lipinski definition) is 0. The Morgan fingerprint density at radius 1 is 1.56 bits per heavy atom. The van der Waals surface area contributed by atoms with E-state index in [1.54, 1.807) is 53.0 Å². The maximum Gasteiger partial charge on any atom is 0.528 e. The van der Waals surface area contributed by atoms with E-state index in [-0.39, 0.29) is 5.70 Å². The van der Waals surface area contributed by atoms with Crippen LogP contribution in [0.2, 0.25) is 0 Å². The highest BCUT2D eigenvalue weighted by atomic mass is 127. The second kappa shape index (κ2) is 7.87. The van der Waals surface area contributed by atoms with E-state index in [1.807, 2.05) is 14.1 Å². The topological polar surface area (TPSA) is 50.7 Å². The summed E-state index contributed by atoms with van der Waals surface area (Å²) in [5, 5.41) is 10.8. The summed E-state index contributed by atoms with van der Waals surface area (Å²) < 4.78 is 3.55. The van der Waals surface area contributed by atoms with Gasteiger partial charge in [0.05, 0.1) is 10.5 Å². The van der Waals surface area contributed by atoms with E-state index in [1.165, 1.54) is 6.08 Å². The molecular formula is C10H13IN3O2+. The van der Waals surface area contributed by atoms with Crippen LogP contribution in [0.5, 0.6) is 0 Å². The first kappa shape index (κ1) is 14.6. The molecule has 16 heavy (non-hydrogen) atoms. The highest BCUT2D eigenvalue weighted by Crippen LogP contribution is 2.12. The number of hydrogen-bond acceptors (Lipinski definition) is 3. The molecule has 0 aromatic heterocycles. The Hall–Kier alpha value is -1.36. The lowest BCUT2D eigenvalue weighted by atomic mass is 10.1. The quantitative estimate of drug-likeness (QED) is 0.261. The van der Waals surface area contributed by atoms with Crippen LogP contribution in [0, 0.1) is 16.2 Å². The first-order valence-electron chi connectivity index (χ1n) is 4.45. The highest BCUT2D eigenvalue weighted by Gasteiger charge is 2.15. The third-order valence-electron chi connectivity index (χ3n) is 1.61. The van der Waals surface area contributed by atoms with Gasteiger partial charge >= 0.3 is 28.9 Å². The van der Waals surface area contributed by atoms with Gasteiger partial charge < -0.3 is 4.90 Å². The number of rotatable bonds is 4. The van der Waals surface area contributed by atoms with Crippen LogP contribution in [-0.4, -0.2) is 23.9 Å². The Morgan fingerprint density at radius 3 is 2.56 bits per heavy atom. The molecule has 0 N–H and O–H groups in total. The molecule has 0 saturated carbocycles.